The van der Waals surface area contributed by atoms with Gasteiger partial charge in [0.05, 0.1) is 11.0 Å². The van der Waals surface area contributed by atoms with E-state index in [9.17, 15) is 14.9 Å². The molecule has 0 bridgehead atoms. The van der Waals surface area contributed by atoms with E-state index < -0.39 is 10.8 Å². The van der Waals surface area contributed by atoms with E-state index in [2.05, 4.69) is 5.32 Å². The number of carbonyl (C=O) groups excluding carboxylic acids is 1. The molecule has 0 radical (unpaired) electrons. The number of hydrogen-bond donors (Lipinski definition) is 2. The first-order valence-electron chi connectivity index (χ1n) is 7.90. The number of rotatable bonds is 6. The Balaban J connectivity index is 2.03. The second-order valence-corrected chi connectivity index (χ2v) is 6.84. The fourth-order valence-electron chi connectivity index (χ4n) is 2.65. The van der Waals surface area contributed by atoms with Gasteiger partial charge in [0.25, 0.3) is 5.69 Å². The molecule has 0 saturated carbocycles. The van der Waals surface area contributed by atoms with Crippen molar-refractivity contribution in [1.82, 2.24) is 0 Å². The zero-order valence-corrected chi connectivity index (χ0v) is 14.8. The number of nitrogens with one attached hydrogen (secondary N) is 1. The van der Waals surface area contributed by atoms with E-state index in [0.717, 1.165) is 16.0 Å². The van der Waals surface area contributed by atoms with Crippen molar-refractivity contribution in [2.75, 3.05) is 5.32 Å². The van der Waals surface area contributed by atoms with Crippen molar-refractivity contribution < 1.29 is 9.72 Å². The largest absolute Gasteiger partial charge is 0.368 e. The molecule has 0 aliphatic carbocycles. The molecule has 6 nitrogen and oxygen atoms in total. The van der Waals surface area contributed by atoms with Gasteiger partial charge in [0, 0.05) is 16.5 Å². The number of nitrogens with zero attached hydrogens (tertiary/aromatic N) is 1. The molecular formula is C19H17N3O3S. The van der Waals surface area contributed by atoms with E-state index in [-0.39, 0.29) is 17.3 Å². The van der Waals surface area contributed by atoms with Crippen LogP contribution in [0.3, 0.4) is 0 Å². The molecule has 3 aromatic rings. The zero-order valence-electron chi connectivity index (χ0n) is 14.0. The average molecular weight is 367 g/mol. The van der Waals surface area contributed by atoms with Gasteiger partial charge in [0.2, 0.25) is 5.91 Å². The molecule has 1 aromatic heterocycles. The molecule has 1 atom stereocenters. The van der Waals surface area contributed by atoms with Gasteiger partial charge in [-0.15, -0.1) is 11.3 Å². The Morgan fingerprint density at radius 3 is 2.50 bits per heavy atom. The monoisotopic (exact) mass is 367 g/mol. The second-order valence-electron chi connectivity index (χ2n) is 5.86. The molecule has 0 unspecified atom stereocenters. The number of carbonyl (C=O) groups is 1. The topological polar surface area (TPSA) is 98.3 Å². The van der Waals surface area contributed by atoms with Crippen molar-refractivity contribution in [3.8, 4) is 0 Å². The summed E-state index contributed by atoms with van der Waals surface area (Å²) in [6.07, 6.45) is 0. The predicted octanol–water partition coefficient (Wildman–Crippen LogP) is 4.27. The molecule has 3 rings (SSSR count). The third kappa shape index (κ3) is 3.73. The molecule has 0 aliphatic heterocycles. The van der Waals surface area contributed by atoms with Crippen LogP contribution in [0.2, 0.25) is 0 Å². The van der Waals surface area contributed by atoms with E-state index in [4.69, 9.17) is 5.73 Å². The van der Waals surface area contributed by atoms with Crippen LogP contribution in [0.5, 0.6) is 0 Å². The number of thiophene rings is 1. The van der Waals surface area contributed by atoms with E-state index in [0.29, 0.717) is 5.69 Å². The van der Waals surface area contributed by atoms with Crippen LogP contribution in [-0.2, 0) is 0 Å². The van der Waals surface area contributed by atoms with Gasteiger partial charge in [-0.05, 0) is 36.1 Å². The van der Waals surface area contributed by atoms with Gasteiger partial charge < -0.3 is 11.1 Å². The summed E-state index contributed by atoms with van der Waals surface area (Å²) in [5.74, 6) is -0.701. The van der Waals surface area contributed by atoms with Crippen molar-refractivity contribution in [1.29, 1.82) is 0 Å². The lowest BCUT2D eigenvalue weighted by atomic mass is 10.0. The van der Waals surface area contributed by atoms with Gasteiger partial charge in [-0.25, -0.2) is 0 Å². The van der Waals surface area contributed by atoms with Crippen molar-refractivity contribution >= 4 is 28.6 Å². The SMILES string of the molecule is Cc1ccc([C@@H](Nc2ccc(C(N)=O)cc2[N+](=O)[O-])c2cccs2)cc1. The number of amides is 1. The zero-order chi connectivity index (χ0) is 18.7. The lowest BCUT2D eigenvalue weighted by molar-refractivity contribution is -0.384. The minimum absolute atomic E-state index is 0.102. The van der Waals surface area contributed by atoms with E-state index in [1.165, 1.54) is 18.2 Å². The Kier molecular flexibility index (Phi) is 4.99. The minimum Gasteiger partial charge on any atom is -0.368 e. The number of benzene rings is 2. The maximum Gasteiger partial charge on any atom is 0.293 e. The second kappa shape index (κ2) is 7.37. The molecule has 0 fully saturated rings. The highest BCUT2D eigenvalue weighted by Gasteiger charge is 2.22. The fraction of sp³-hybridized carbons (Fsp3) is 0.105. The van der Waals surface area contributed by atoms with Gasteiger partial charge >= 0.3 is 0 Å². The molecular weight excluding hydrogens is 350 g/mol. The quantitative estimate of drug-likeness (QED) is 0.502. The summed E-state index contributed by atoms with van der Waals surface area (Å²) >= 11 is 1.57. The molecule has 1 amide bonds. The van der Waals surface area contributed by atoms with Crippen molar-refractivity contribution in [2.45, 2.75) is 13.0 Å². The summed E-state index contributed by atoms with van der Waals surface area (Å²) in [7, 11) is 0. The van der Waals surface area contributed by atoms with Crippen LogP contribution in [0.25, 0.3) is 0 Å². The number of nitrogens with two attached hydrogens (primary N) is 1. The first-order valence-corrected chi connectivity index (χ1v) is 8.78. The highest BCUT2D eigenvalue weighted by molar-refractivity contribution is 7.10. The van der Waals surface area contributed by atoms with E-state index in [1.54, 1.807) is 11.3 Å². The summed E-state index contributed by atoms with van der Waals surface area (Å²) < 4.78 is 0. The third-order valence-corrected chi connectivity index (χ3v) is 4.95. The molecule has 7 heteroatoms. The number of primary amides is 1. The third-order valence-electron chi connectivity index (χ3n) is 4.02. The van der Waals surface area contributed by atoms with Gasteiger partial charge in [-0.2, -0.15) is 0 Å². The summed E-state index contributed by atoms with van der Waals surface area (Å²) in [5, 5.41) is 16.7. The van der Waals surface area contributed by atoms with Crippen molar-refractivity contribution in [3.05, 3.63) is 91.7 Å². The van der Waals surface area contributed by atoms with Gasteiger partial charge in [0.1, 0.15) is 5.69 Å². The van der Waals surface area contributed by atoms with Crippen LogP contribution in [0.1, 0.15) is 32.4 Å². The fourth-order valence-corrected chi connectivity index (χ4v) is 3.45. The molecule has 0 aliphatic rings. The maximum absolute atomic E-state index is 11.5. The molecule has 0 spiro atoms. The van der Waals surface area contributed by atoms with Gasteiger partial charge in [-0.1, -0.05) is 35.9 Å². The van der Waals surface area contributed by atoms with Crippen LogP contribution in [-0.4, -0.2) is 10.8 Å². The number of aryl methyl sites for hydroxylation is 1. The Morgan fingerprint density at radius 2 is 1.92 bits per heavy atom. The van der Waals surface area contributed by atoms with Gasteiger partial charge in [-0.3, -0.25) is 14.9 Å². The summed E-state index contributed by atoms with van der Waals surface area (Å²) in [5.41, 5.74) is 7.61. The van der Waals surface area contributed by atoms with Crippen molar-refractivity contribution in [3.63, 3.8) is 0 Å². The smallest absolute Gasteiger partial charge is 0.293 e. The molecule has 26 heavy (non-hydrogen) atoms. The molecule has 0 saturated heterocycles. The van der Waals surface area contributed by atoms with E-state index >= 15 is 0 Å². The number of nitro benzene ring substituents is 1. The normalized spacial score (nSPS) is 11.7. The van der Waals surface area contributed by atoms with E-state index in [1.807, 2.05) is 48.7 Å². The number of nitro groups is 1. The Labute approximate surface area is 154 Å². The molecule has 1 heterocycles. The Morgan fingerprint density at radius 1 is 1.19 bits per heavy atom. The highest BCUT2D eigenvalue weighted by Crippen LogP contribution is 2.34. The van der Waals surface area contributed by atoms with Crippen LogP contribution >= 0.6 is 11.3 Å². The average Bonchev–Trinajstić information content (AvgIpc) is 3.14. The van der Waals surface area contributed by atoms with Crippen LogP contribution in [0, 0.1) is 17.0 Å². The standard InChI is InChI=1S/C19H17N3O3S/c1-12-4-6-13(7-5-12)18(17-3-2-10-26-17)21-15-9-8-14(19(20)23)11-16(15)22(24)25/h2-11,18,21H,1H3,(H2,20,23)/t18-/m1/s1. The minimum atomic E-state index is -0.701. The van der Waals surface area contributed by atoms with Crippen molar-refractivity contribution in [2.24, 2.45) is 5.73 Å². The molecule has 2 aromatic carbocycles. The predicted molar refractivity (Wildman–Crippen MR) is 103 cm³/mol. The highest BCUT2D eigenvalue weighted by atomic mass is 32.1. The first-order chi connectivity index (χ1) is 12.5. The van der Waals surface area contributed by atoms with Crippen LogP contribution in [0.4, 0.5) is 11.4 Å². The molecule has 132 valence electrons. The first kappa shape index (κ1) is 17.6. The summed E-state index contributed by atoms with van der Waals surface area (Å²) in [4.78, 5) is 23.3. The summed E-state index contributed by atoms with van der Waals surface area (Å²) in [6, 6.07) is 15.9. The van der Waals surface area contributed by atoms with Gasteiger partial charge in [0.15, 0.2) is 0 Å². The molecule has 3 N–H and O–H groups in total. The lowest BCUT2D eigenvalue weighted by Gasteiger charge is -2.20. The number of anilines is 1. The Hall–Kier alpha value is -3.19. The Bertz CT molecular complexity index is 937. The van der Waals surface area contributed by atoms with Crippen LogP contribution < -0.4 is 11.1 Å². The number of hydrogen-bond acceptors (Lipinski definition) is 5. The summed E-state index contributed by atoms with van der Waals surface area (Å²) in [6.45, 7) is 2.00. The lowest BCUT2D eigenvalue weighted by Crippen LogP contribution is -2.14. The van der Waals surface area contributed by atoms with Crippen LogP contribution in [0.15, 0.2) is 60.0 Å². The maximum atomic E-state index is 11.5.